The highest BCUT2D eigenvalue weighted by Crippen LogP contribution is 2.20. The summed E-state index contributed by atoms with van der Waals surface area (Å²) in [6.07, 6.45) is 1.59. The molecular formula is C22H33N5O3. The summed E-state index contributed by atoms with van der Waals surface area (Å²) in [5, 5.41) is 3.22. The first-order valence-electron chi connectivity index (χ1n) is 10.7. The SMILES string of the molecule is CN(C)C(=O)CNC(=NCc1ccccc1)N1CCC(C(=O)N2CCOCC2)CC1. The summed E-state index contributed by atoms with van der Waals surface area (Å²) >= 11 is 0. The summed E-state index contributed by atoms with van der Waals surface area (Å²) in [5.74, 6) is 1.03. The van der Waals surface area contributed by atoms with Crippen molar-refractivity contribution in [1.29, 1.82) is 0 Å². The predicted molar refractivity (Wildman–Crippen MR) is 116 cm³/mol. The summed E-state index contributed by atoms with van der Waals surface area (Å²) in [6, 6.07) is 10.1. The summed E-state index contributed by atoms with van der Waals surface area (Å²) in [5.41, 5.74) is 1.12. The number of morpholine rings is 1. The van der Waals surface area contributed by atoms with Crippen molar-refractivity contribution in [2.24, 2.45) is 10.9 Å². The Bertz CT molecular complexity index is 724. The fraction of sp³-hybridized carbons (Fsp3) is 0.591. The average Bonchev–Trinajstić information content (AvgIpc) is 2.80. The number of hydrogen-bond acceptors (Lipinski definition) is 4. The molecule has 2 fully saturated rings. The molecule has 0 radical (unpaired) electrons. The van der Waals surface area contributed by atoms with Gasteiger partial charge in [0.05, 0.1) is 26.3 Å². The summed E-state index contributed by atoms with van der Waals surface area (Å²) < 4.78 is 5.35. The molecule has 8 nitrogen and oxygen atoms in total. The van der Waals surface area contributed by atoms with E-state index in [0.29, 0.717) is 32.8 Å². The number of amides is 2. The fourth-order valence-corrected chi connectivity index (χ4v) is 3.71. The van der Waals surface area contributed by atoms with Crippen LogP contribution in [0.4, 0.5) is 0 Å². The maximum absolute atomic E-state index is 12.8. The molecule has 2 aliphatic rings. The summed E-state index contributed by atoms with van der Waals surface area (Å²) in [7, 11) is 3.49. The molecule has 30 heavy (non-hydrogen) atoms. The molecule has 2 aliphatic heterocycles. The van der Waals surface area contributed by atoms with Crippen LogP contribution in [-0.2, 0) is 20.9 Å². The van der Waals surface area contributed by atoms with E-state index in [1.807, 2.05) is 35.2 Å². The lowest BCUT2D eigenvalue weighted by molar-refractivity contribution is -0.140. The van der Waals surface area contributed by atoms with Crippen LogP contribution in [0.2, 0.25) is 0 Å². The van der Waals surface area contributed by atoms with Crippen molar-refractivity contribution in [3.63, 3.8) is 0 Å². The minimum atomic E-state index is -0.000192. The average molecular weight is 416 g/mol. The van der Waals surface area contributed by atoms with Crippen LogP contribution in [0, 0.1) is 5.92 Å². The van der Waals surface area contributed by atoms with Gasteiger partial charge >= 0.3 is 0 Å². The summed E-state index contributed by atoms with van der Waals surface area (Å²) in [6.45, 7) is 4.89. The van der Waals surface area contributed by atoms with Gasteiger partial charge in [-0.15, -0.1) is 0 Å². The van der Waals surface area contributed by atoms with Crippen LogP contribution in [0.5, 0.6) is 0 Å². The molecule has 3 rings (SSSR count). The van der Waals surface area contributed by atoms with Crippen LogP contribution in [0.3, 0.4) is 0 Å². The number of aliphatic imine (C=N–C) groups is 1. The third-order valence-corrected chi connectivity index (χ3v) is 5.62. The van der Waals surface area contributed by atoms with Gasteiger partial charge in [-0.2, -0.15) is 0 Å². The number of nitrogens with zero attached hydrogens (tertiary/aromatic N) is 4. The molecule has 1 aromatic rings. The van der Waals surface area contributed by atoms with Gasteiger partial charge < -0.3 is 24.8 Å². The molecule has 164 valence electrons. The van der Waals surface area contributed by atoms with Crippen LogP contribution in [-0.4, -0.2) is 92.5 Å². The molecule has 2 saturated heterocycles. The third kappa shape index (κ3) is 6.19. The lowest BCUT2D eigenvalue weighted by atomic mass is 9.95. The number of rotatable bonds is 5. The molecular weight excluding hydrogens is 382 g/mol. The van der Waals surface area contributed by atoms with E-state index in [1.165, 1.54) is 0 Å². The standard InChI is InChI=1S/C22H33N5O3/c1-25(2)20(28)17-24-22(23-16-18-6-4-3-5-7-18)27-10-8-19(9-11-27)21(29)26-12-14-30-15-13-26/h3-7,19H,8-17H2,1-2H3,(H,23,24). The largest absolute Gasteiger partial charge is 0.378 e. The number of likely N-dealkylation sites (tertiary alicyclic amines) is 1. The molecule has 0 aliphatic carbocycles. The van der Waals surface area contributed by atoms with Crippen LogP contribution < -0.4 is 5.32 Å². The second-order valence-corrected chi connectivity index (χ2v) is 7.97. The first-order chi connectivity index (χ1) is 14.5. The van der Waals surface area contributed by atoms with E-state index in [4.69, 9.17) is 9.73 Å². The van der Waals surface area contributed by atoms with Crippen LogP contribution in [0.1, 0.15) is 18.4 Å². The van der Waals surface area contributed by atoms with E-state index in [9.17, 15) is 9.59 Å². The molecule has 8 heteroatoms. The number of carbonyl (C=O) groups excluding carboxylic acids is 2. The molecule has 0 aromatic heterocycles. The fourth-order valence-electron chi connectivity index (χ4n) is 3.71. The van der Waals surface area contributed by atoms with Gasteiger partial charge in [0.25, 0.3) is 0 Å². The second-order valence-electron chi connectivity index (χ2n) is 7.97. The zero-order valence-electron chi connectivity index (χ0n) is 18.0. The van der Waals surface area contributed by atoms with Gasteiger partial charge in [-0.25, -0.2) is 4.99 Å². The van der Waals surface area contributed by atoms with E-state index in [2.05, 4.69) is 10.2 Å². The molecule has 2 amide bonds. The molecule has 0 bridgehead atoms. The van der Waals surface area contributed by atoms with Crippen LogP contribution in [0.15, 0.2) is 35.3 Å². The van der Waals surface area contributed by atoms with E-state index in [1.54, 1.807) is 19.0 Å². The van der Waals surface area contributed by atoms with Crippen LogP contribution in [0.25, 0.3) is 0 Å². The Morgan fingerprint density at radius 3 is 2.37 bits per heavy atom. The van der Waals surface area contributed by atoms with Gasteiger partial charge in [0.2, 0.25) is 11.8 Å². The second kappa shape index (κ2) is 11.0. The molecule has 2 heterocycles. The molecule has 0 atom stereocenters. The quantitative estimate of drug-likeness (QED) is 0.568. The maximum Gasteiger partial charge on any atom is 0.241 e. The monoisotopic (exact) mass is 415 g/mol. The lowest BCUT2D eigenvalue weighted by Gasteiger charge is -2.36. The molecule has 0 unspecified atom stereocenters. The van der Waals surface area contributed by atoms with Crippen molar-refractivity contribution in [2.45, 2.75) is 19.4 Å². The Balaban J connectivity index is 1.60. The summed E-state index contributed by atoms with van der Waals surface area (Å²) in [4.78, 5) is 35.3. The number of benzene rings is 1. The minimum absolute atomic E-state index is 0.000192. The third-order valence-electron chi connectivity index (χ3n) is 5.62. The predicted octanol–water partition coefficient (Wildman–Crippen LogP) is 0.791. The minimum Gasteiger partial charge on any atom is -0.378 e. The Labute approximate surface area is 178 Å². The lowest BCUT2D eigenvalue weighted by Crippen LogP contribution is -2.51. The van der Waals surface area contributed by atoms with Crippen molar-refractivity contribution in [2.75, 3.05) is 60.0 Å². The Kier molecular flexibility index (Phi) is 8.07. The molecule has 1 aromatic carbocycles. The first kappa shape index (κ1) is 22.1. The first-order valence-corrected chi connectivity index (χ1v) is 10.7. The number of guanidine groups is 1. The zero-order chi connectivity index (χ0) is 21.3. The van der Waals surface area contributed by atoms with Crippen molar-refractivity contribution >= 4 is 17.8 Å². The van der Waals surface area contributed by atoms with Gasteiger partial charge in [-0.05, 0) is 18.4 Å². The highest BCUT2D eigenvalue weighted by Gasteiger charge is 2.30. The highest BCUT2D eigenvalue weighted by atomic mass is 16.5. The van der Waals surface area contributed by atoms with E-state index < -0.39 is 0 Å². The Morgan fingerprint density at radius 1 is 1.07 bits per heavy atom. The number of piperidine rings is 1. The Morgan fingerprint density at radius 2 is 1.73 bits per heavy atom. The number of likely N-dealkylation sites (N-methyl/N-ethyl adjacent to an activating group) is 1. The van der Waals surface area contributed by atoms with Gasteiger partial charge in [0.15, 0.2) is 5.96 Å². The van der Waals surface area contributed by atoms with E-state index >= 15 is 0 Å². The maximum atomic E-state index is 12.8. The zero-order valence-corrected chi connectivity index (χ0v) is 18.0. The number of ether oxygens (including phenoxy) is 1. The van der Waals surface area contributed by atoms with Crippen molar-refractivity contribution in [1.82, 2.24) is 20.0 Å². The topological polar surface area (TPSA) is 77.5 Å². The van der Waals surface area contributed by atoms with E-state index in [0.717, 1.165) is 37.5 Å². The van der Waals surface area contributed by atoms with Gasteiger partial charge in [-0.1, -0.05) is 30.3 Å². The molecule has 0 saturated carbocycles. The van der Waals surface area contributed by atoms with Crippen molar-refractivity contribution in [3.05, 3.63) is 35.9 Å². The number of carbonyl (C=O) groups is 2. The van der Waals surface area contributed by atoms with Gasteiger partial charge in [0, 0.05) is 46.2 Å². The highest BCUT2D eigenvalue weighted by molar-refractivity contribution is 5.86. The molecule has 1 N–H and O–H groups in total. The van der Waals surface area contributed by atoms with E-state index in [-0.39, 0.29) is 24.3 Å². The van der Waals surface area contributed by atoms with Gasteiger partial charge in [0.1, 0.15) is 0 Å². The van der Waals surface area contributed by atoms with Crippen molar-refractivity contribution in [3.8, 4) is 0 Å². The number of nitrogens with one attached hydrogen (secondary N) is 1. The number of hydrogen-bond donors (Lipinski definition) is 1. The smallest absolute Gasteiger partial charge is 0.241 e. The van der Waals surface area contributed by atoms with Crippen molar-refractivity contribution < 1.29 is 14.3 Å². The Hall–Kier alpha value is -2.61. The molecule has 0 spiro atoms. The van der Waals surface area contributed by atoms with Crippen LogP contribution >= 0.6 is 0 Å². The normalized spacial score (nSPS) is 18.3. The van der Waals surface area contributed by atoms with Gasteiger partial charge in [-0.3, -0.25) is 9.59 Å².